The Morgan fingerprint density at radius 3 is 2.44 bits per heavy atom. The number of nitrogens with two attached hydrogens (primary N) is 1. The minimum atomic E-state index is 0.846. The molecular formula is C8H11N. The zero-order chi connectivity index (χ0) is 6.85. The second-order valence-electron chi connectivity index (χ2n) is 2.48. The van der Waals surface area contributed by atoms with E-state index < -0.39 is 0 Å². The van der Waals surface area contributed by atoms with Gasteiger partial charge in [0, 0.05) is 12.1 Å². The fraction of sp³-hybridized carbons (Fsp3) is 0.250. The molecule has 0 saturated heterocycles. The van der Waals surface area contributed by atoms with Crippen molar-refractivity contribution in [1.29, 1.82) is 0 Å². The Hall–Kier alpha value is -0.980. The summed E-state index contributed by atoms with van der Waals surface area (Å²) in [6, 6.07) is 0. The molecule has 1 aliphatic carbocycles. The third-order valence-electron chi connectivity index (χ3n) is 1.32. The Balaban J connectivity index is 2.79. The molecule has 0 aliphatic heterocycles. The van der Waals surface area contributed by atoms with Gasteiger partial charge in [-0.15, -0.1) is 0 Å². The van der Waals surface area contributed by atoms with Crippen LogP contribution in [0.25, 0.3) is 0 Å². The first-order valence-corrected chi connectivity index (χ1v) is 2.99. The number of hydrogen-bond acceptors (Lipinski definition) is 1. The van der Waals surface area contributed by atoms with Gasteiger partial charge in [-0.3, -0.25) is 0 Å². The van der Waals surface area contributed by atoms with Crippen LogP contribution in [0.2, 0.25) is 0 Å². The van der Waals surface area contributed by atoms with Crippen LogP contribution in [0.5, 0.6) is 0 Å². The van der Waals surface area contributed by atoms with Gasteiger partial charge in [-0.25, -0.2) is 0 Å². The third-order valence-corrected chi connectivity index (χ3v) is 1.32. The van der Waals surface area contributed by atoms with Crippen molar-refractivity contribution < 1.29 is 0 Å². The molecule has 0 atom stereocenters. The van der Waals surface area contributed by atoms with Crippen LogP contribution in [0.3, 0.4) is 0 Å². The highest BCUT2D eigenvalue weighted by Crippen LogP contribution is 2.21. The minimum Gasteiger partial charge on any atom is -0.402 e. The van der Waals surface area contributed by atoms with Gasteiger partial charge < -0.3 is 5.73 Å². The molecule has 0 radical (unpaired) electrons. The normalized spacial score (nSPS) is 19.8. The van der Waals surface area contributed by atoms with Crippen molar-refractivity contribution in [3.63, 3.8) is 0 Å². The van der Waals surface area contributed by atoms with Crippen LogP contribution in [0.4, 0.5) is 0 Å². The molecule has 1 nitrogen and oxygen atoms in total. The summed E-state index contributed by atoms with van der Waals surface area (Å²) in [4.78, 5) is 0. The smallest absolute Gasteiger partial charge is 0.0124 e. The van der Waals surface area contributed by atoms with E-state index in [1.807, 2.05) is 6.08 Å². The Labute approximate surface area is 55.6 Å². The standard InChI is InChI=1S/C8H11N/c1-6-3-7(2)5-8(9)4-6/h4H,1-3,5,9H2. The second kappa shape index (κ2) is 2.09. The van der Waals surface area contributed by atoms with E-state index in [9.17, 15) is 0 Å². The monoisotopic (exact) mass is 121 g/mol. The van der Waals surface area contributed by atoms with E-state index in [0.717, 1.165) is 24.1 Å². The van der Waals surface area contributed by atoms with E-state index >= 15 is 0 Å². The van der Waals surface area contributed by atoms with Crippen molar-refractivity contribution in [1.82, 2.24) is 0 Å². The van der Waals surface area contributed by atoms with Crippen LogP contribution in [-0.2, 0) is 0 Å². The van der Waals surface area contributed by atoms with Gasteiger partial charge in [0.15, 0.2) is 0 Å². The van der Waals surface area contributed by atoms with Crippen molar-refractivity contribution >= 4 is 0 Å². The highest BCUT2D eigenvalue weighted by atomic mass is 14.6. The molecule has 0 amide bonds. The summed E-state index contributed by atoms with van der Waals surface area (Å²) in [5.74, 6) is 0. The maximum Gasteiger partial charge on any atom is 0.0124 e. The molecule has 1 rings (SSSR count). The molecule has 0 aromatic carbocycles. The van der Waals surface area contributed by atoms with Crippen molar-refractivity contribution in [2.45, 2.75) is 12.8 Å². The molecule has 0 aromatic rings. The van der Waals surface area contributed by atoms with Gasteiger partial charge in [-0.05, 0) is 18.1 Å². The molecule has 0 heterocycles. The molecule has 2 N–H and O–H groups in total. The second-order valence-corrected chi connectivity index (χ2v) is 2.48. The highest BCUT2D eigenvalue weighted by molar-refractivity contribution is 5.31. The van der Waals surface area contributed by atoms with Crippen molar-refractivity contribution in [2.75, 3.05) is 0 Å². The lowest BCUT2D eigenvalue weighted by Gasteiger charge is -2.12. The Morgan fingerprint density at radius 2 is 2.00 bits per heavy atom. The predicted molar refractivity (Wildman–Crippen MR) is 39.8 cm³/mol. The quantitative estimate of drug-likeness (QED) is 0.485. The Kier molecular flexibility index (Phi) is 1.43. The van der Waals surface area contributed by atoms with Gasteiger partial charge in [0.25, 0.3) is 0 Å². The summed E-state index contributed by atoms with van der Waals surface area (Å²) in [5, 5.41) is 0. The molecule has 0 spiro atoms. The van der Waals surface area contributed by atoms with Crippen molar-refractivity contribution in [2.24, 2.45) is 5.73 Å². The lowest BCUT2D eigenvalue weighted by atomic mass is 9.97. The SMILES string of the molecule is C=C1C=C(N)CC(=C)C1. The summed E-state index contributed by atoms with van der Waals surface area (Å²) < 4.78 is 0. The van der Waals surface area contributed by atoms with Crippen LogP contribution < -0.4 is 5.73 Å². The Bertz CT molecular complexity index is 187. The summed E-state index contributed by atoms with van der Waals surface area (Å²) >= 11 is 0. The number of allylic oxidation sites excluding steroid dienone is 3. The van der Waals surface area contributed by atoms with Crippen LogP contribution in [0.15, 0.2) is 36.1 Å². The minimum absolute atomic E-state index is 0.846. The maximum atomic E-state index is 5.56. The van der Waals surface area contributed by atoms with Gasteiger partial charge in [0.1, 0.15) is 0 Å². The molecule has 0 unspecified atom stereocenters. The van der Waals surface area contributed by atoms with Gasteiger partial charge >= 0.3 is 0 Å². The highest BCUT2D eigenvalue weighted by Gasteiger charge is 2.04. The first kappa shape index (κ1) is 6.14. The van der Waals surface area contributed by atoms with E-state index in [-0.39, 0.29) is 0 Å². The Morgan fingerprint density at radius 1 is 1.33 bits per heavy atom. The summed E-state index contributed by atoms with van der Waals surface area (Å²) in [7, 11) is 0. The van der Waals surface area contributed by atoms with Crippen molar-refractivity contribution in [3.8, 4) is 0 Å². The van der Waals surface area contributed by atoms with E-state index in [1.165, 1.54) is 5.57 Å². The van der Waals surface area contributed by atoms with E-state index in [1.54, 1.807) is 0 Å². The molecule has 0 aromatic heterocycles. The molecular weight excluding hydrogens is 110 g/mol. The van der Waals surface area contributed by atoms with E-state index in [2.05, 4.69) is 13.2 Å². The summed E-state index contributed by atoms with van der Waals surface area (Å²) in [6.07, 6.45) is 3.69. The largest absolute Gasteiger partial charge is 0.402 e. The fourth-order valence-corrected chi connectivity index (χ4v) is 1.04. The predicted octanol–water partition coefficient (Wildman–Crippen LogP) is 1.74. The van der Waals surface area contributed by atoms with Crippen LogP contribution in [0.1, 0.15) is 12.8 Å². The first-order valence-electron chi connectivity index (χ1n) is 2.99. The van der Waals surface area contributed by atoms with Crippen molar-refractivity contribution in [3.05, 3.63) is 36.1 Å². The van der Waals surface area contributed by atoms with E-state index in [0.29, 0.717) is 0 Å². The van der Waals surface area contributed by atoms with Crippen LogP contribution >= 0.6 is 0 Å². The molecule has 1 aliphatic rings. The number of hydrogen-bond donors (Lipinski definition) is 1. The maximum absolute atomic E-state index is 5.56. The van der Waals surface area contributed by atoms with Gasteiger partial charge in [0.05, 0.1) is 0 Å². The lowest BCUT2D eigenvalue weighted by molar-refractivity contribution is 0.969. The molecule has 0 saturated carbocycles. The third kappa shape index (κ3) is 1.46. The average Bonchev–Trinajstić information content (AvgIpc) is 1.59. The van der Waals surface area contributed by atoms with E-state index in [4.69, 9.17) is 5.73 Å². The van der Waals surface area contributed by atoms with Gasteiger partial charge in [-0.2, -0.15) is 0 Å². The summed E-state index contributed by atoms with van der Waals surface area (Å²) in [5.41, 5.74) is 8.68. The molecule has 0 bridgehead atoms. The molecule has 0 fully saturated rings. The van der Waals surface area contributed by atoms with Crippen LogP contribution in [0, 0.1) is 0 Å². The molecule has 48 valence electrons. The lowest BCUT2D eigenvalue weighted by Crippen LogP contribution is -2.04. The topological polar surface area (TPSA) is 26.0 Å². The number of rotatable bonds is 0. The first-order chi connectivity index (χ1) is 4.18. The fourth-order valence-electron chi connectivity index (χ4n) is 1.04. The van der Waals surface area contributed by atoms with Crippen LogP contribution in [-0.4, -0.2) is 0 Å². The molecule has 9 heavy (non-hydrogen) atoms. The molecule has 1 heteroatoms. The zero-order valence-corrected chi connectivity index (χ0v) is 5.48. The van der Waals surface area contributed by atoms with Gasteiger partial charge in [-0.1, -0.05) is 18.7 Å². The van der Waals surface area contributed by atoms with Gasteiger partial charge in [0.2, 0.25) is 0 Å². The summed E-state index contributed by atoms with van der Waals surface area (Å²) in [6.45, 7) is 7.63. The average molecular weight is 121 g/mol. The zero-order valence-electron chi connectivity index (χ0n) is 5.48.